The number of likely N-dealkylation sites (N-methyl/N-ethyl adjacent to an activating group) is 1. The van der Waals surface area contributed by atoms with Gasteiger partial charge in [-0.05, 0) is 45.9 Å². The van der Waals surface area contributed by atoms with E-state index in [0.717, 1.165) is 13.1 Å². The summed E-state index contributed by atoms with van der Waals surface area (Å²) in [7, 11) is 1.57. The summed E-state index contributed by atoms with van der Waals surface area (Å²) in [6, 6.07) is 5.29. The molecule has 1 saturated heterocycles. The lowest BCUT2D eigenvalue weighted by molar-refractivity contribution is -0.132. The van der Waals surface area contributed by atoms with E-state index in [1.165, 1.54) is 0 Å². The van der Waals surface area contributed by atoms with E-state index >= 15 is 0 Å². The summed E-state index contributed by atoms with van der Waals surface area (Å²) in [4.78, 5) is 30.9. The van der Waals surface area contributed by atoms with Crippen LogP contribution in [0.1, 0.15) is 38.1 Å². The van der Waals surface area contributed by atoms with Crippen molar-refractivity contribution in [3.8, 4) is 11.5 Å². The Morgan fingerprint density at radius 1 is 1.07 bits per heavy atom. The quantitative estimate of drug-likeness (QED) is 0.679. The first-order valence-electron chi connectivity index (χ1n) is 10.0. The van der Waals surface area contributed by atoms with Gasteiger partial charge >= 0.3 is 0 Å². The Labute approximate surface area is 168 Å². The van der Waals surface area contributed by atoms with Crippen molar-refractivity contribution in [1.29, 1.82) is 0 Å². The van der Waals surface area contributed by atoms with E-state index in [9.17, 15) is 9.59 Å². The number of hydrogen-bond donors (Lipinski definition) is 0. The summed E-state index contributed by atoms with van der Waals surface area (Å²) >= 11 is 0. The van der Waals surface area contributed by atoms with E-state index < -0.39 is 0 Å². The molecule has 2 amide bonds. The van der Waals surface area contributed by atoms with Crippen LogP contribution >= 0.6 is 0 Å². The fourth-order valence-corrected chi connectivity index (χ4v) is 3.31. The molecular formula is C21H33N3O4. The fourth-order valence-electron chi connectivity index (χ4n) is 3.31. The van der Waals surface area contributed by atoms with Crippen LogP contribution in [0.2, 0.25) is 0 Å². The molecule has 2 rings (SSSR count). The normalized spacial score (nSPS) is 14.9. The van der Waals surface area contributed by atoms with Crippen LogP contribution in [-0.4, -0.2) is 85.5 Å². The lowest BCUT2D eigenvalue weighted by Crippen LogP contribution is -2.51. The van der Waals surface area contributed by atoms with Crippen molar-refractivity contribution in [2.75, 3.05) is 52.9 Å². The first kappa shape index (κ1) is 22.0. The molecule has 0 spiro atoms. The Hall–Kier alpha value is -2.28. The van der Waals surface area contributed by atoms with Crippen molar-refractivity contribution in [3.05, 3.63) is 23.8 Å². The largest absolute Gasteiger partial charge is 0.493 e. The molecule has 156 valence electrons. The summed E-state index contributed by atoms with van der Waals surface area (Å²) in [6.07, 6.45) is 0.0302. The van der Waals surface area contributed by atoms with Crippen LogP contribution in [0.4, 0.5) is 0 Å². The van der Waals surface area contributed by atoms with Crippen molar-refractivity contribution in [2.24, 2.45) is 0 Å². The Bertz CT molecular complexity index is 666. The molecule has 1 aliphatic rings. The van der Waals surface area contributed by atoms with Crippen LogP contribution in [0, 0.1) is 0 Å². The number of ether oxygens (including phenoxy) is 2. The van der Waals surface area contributed by atoms with E-state index in [4.69, 9.17) is 9.47 Å². The highest BCUT2D eigenvalue weighted by molar-refractivity contribution is 5.95. The number of rotatable bonds is 8. The van der Waals surface area contributed by atoms with Crippen molar-refractivity contribution >= 4 is 11.8 Å². The SMILES string of the molecule is CCN(CC)C(=O)CN1CCN(C(=O)c2ccc(OC(C)C)c(OC)c2)CC1. The number of piperazine rings is 1. The lowest BCUT2D eigenvalue weighted by atomic mass is 10.1. The third-order valence-corrected chi connectivity index (χ3v) is 4.91. The van der Waals surface area contributed by atoms with Gasteiger partial charge in [-0.15, -0.1) is 0 Å². The summed E-state index contributed by atoms with van der Waals surface area (Å²) in [5.74, 6) is 1.32. The Balaban J connectivity index is 1.95. The van der Waals surface area contributed by atoms with Crippen LogP contribution in [0.25, 0.3) is 0 Å². The van der Waals surface area contributed by atoms with Crippen LogP contribution in [0.5, 0.6) is 11.5 Å². The molecule has 0 radical (unpaired) electrons. The molecule has 0 bridgehead atoms. The molecule has 1 fully saturated rings. The van der Waals surface area contributed by atoms with Crippen molar-refractivity contribution in [3.63, 3.8) is 0 Å². The number of methoxy groups -OCH3 is 1. The topological polar surface area (TPSA) is 62.3 Å². The smallest absolute Gasteiger partial charge is 0.254 e. The number of nitrogens with zero attached hydrogens (tertiary/aromatic N) is 3. The lowest BCUT2D eigenvalue weighted by Gasteiger charge is -2.35. The molecule has 1 heterocycles. The standard InChI is InChI=1S/C21H33N3O4/c1-6-23(7-2)20(25)15-22-10-12-24(13-11-22)21(26)17-8-9-18(28-16(3)4)19(14-17)27-5/h8-9,14,16H,6-7,10-13,15H2,1-5H3. The molecule has 0 aromatic heterocycles. The minimum absolute atomic E-state index is 0.0240. The summed E-state index contributed by atoms with van der Waals surface area (Å²) in [5, 5.41) is 0. The Kier molecular flexibility index (Phi) is 8.11. The van der Waals surface area contributed by atoms with E-state index in [0.29, 0.717) is 49.8 Å². The Morgan fingerprint density at radius 2 is 1.71 bits per heavy atom. The molecular weight excluding hydrogens is 358 g/mol. The van der Waals surface area contributed by atoms with E-state index in [1.807, 2.05) is 37.5 Å². The second kappa shape index (κ2) is 10.3. The molecule has 0 saturated carbocycles. The van der Waals surface area contributed by atoms with Crippen LogP contribution in [0.3, 0.4) is 0 Å². The van der Waals surface area contributed by atoms with Crippen molar-refractivity contribution in [2.45, 2.75) is 33.8 Å². The van der Waals surface area contributed by atoms with Crippen molar-refractivity contribution in [1.82, 2.24) is 14.7 Å². The molecule has 0 aliphatic carbocycles. The molecule has 7 heteroatoms. The zero-order valence-corrected chi connectivity index (χ0v) is 17.7. The first-order valence-corrected chi connectivity index (χ1v) is 10.0. The third-order valence-electron chi connectivity index (χ3n) is 4.91. The average Bonchev–Trinajstić information content (AvgIpc) is 2.69. The van der Waals surface area contributed by atoms with Gasteiger partial charge < -0.3 is 19.3 Å². The summed E-state index contributed by atoms with van der Waals surface area (Å²) < 4.78 is 11.1. The van der Waals surface area contributed by atoms with Gasteiger partial charge in [-0.1, -0.05) is 0 Å². The summed E-state index contributed by atoms with van der Waals surface area (Å²) in [6.45, 7) is 12.4. The minimum Gasteiger partial charge on any atom is -0.493 e. The van der Waals surface area contributed by atoms with Crippen molar-refractivity contribution < 1.29 is 19.1 Å². The molecule has 0 N–H and O–H groups in total. The molecule has 1 aliphatic heterocycles. The van der Waals surface area contributed by atoms with Gasteiger partial charge in [0.25, 0.3) is 5.91 Å². The third kappa shape index (κ3) is 5.61. The van der Waals surface area contributed by atoms with Gasteiger partial charge in [0, 0.05) is 44.8 Å². The summed E-state index contributed by atoms with van der Waals surface area (Å²) in [5.41, 5.74) is 0.584. The number of amides is 2. The average molecular weight is 392 g/mol. The molecule has 1 aromatic carbocycles. The first-order chi connectivity index (χ1) is 13.4. The second-order valence-corrected chi connectivity index (χ2v) is 7.17. The maximum Gasteiger partial charge on any atom is 0.254 e. The van der Waals surface area contributed by atoms with Gasteiger partial charge in [0.2, 0.25) is 5.91 Å². The van der Waals surface area contributed by atoms with E-state index in [1.54, 1.807) is 25.3 Å². The zero-order chi connectivity index (χ0) is 20.7. The number of hydrogen-bond acceptors (Lipinski definition) is 5. The number of carbonyl (C=O) groups is 2. The highest BCUT2D eigenvalue weighted by Crippen LogP contribution is 2.29. The number of benzene rings is 1. The van der Waals surface area contributed by atoms with E-state index in [2.05, 4.69) is 4.90 Å². The van der Waals surface area contributed by atoms with Gasteiger partial charge in [0.1, 0.15) is 0 Å². The second-order valence-electron chi connectivity index (χ2n) is 7.17. The maximum absolute atomic E-state index is 12.9. The Morgan fingerprint density at radius 3 is 2.25 bits per heavy atom. The van der Waals surface area contributed by atoms with Crippen LogP contribution < -0.4 is 9.47 Å². The van der Waals surface area contributed by atoms with Crippen LogP contribution in [0.15, 0.2) is 18.2 Å². The predicted octanol–water partition coefficient (Wildman–Crippen LogP) is 2.11. The maximum atomic E-state index is 12.9. The van der Waals surface area contributed by atoms with Crippen LogP contribution in [-0.2, 0) is 4.79 Å². The molecule has 1 aromatic rings. The zero-order valence-electron chi connectivity index (χ0n) is 17.7. The monoisotopic (exact) mass is 391 g/mol. The highest BCUT2D eigenvalue weighted by atomic mass is 16.5. The van der Waals surface area contributed by atoms with Gasteiger partial charge in [-0.3, -0.25) is 14.5 Å². The van der Waals surface area contributed by atoms with Gasteiger partial charge in [0.15, 0.2) is 11.5 Å². The van der Waals surface area contributed by atoms with Gasteiger partial charge in [-0.2, -0.15) is 0 Å². The predicted molar refractivity (Wildman–Crippen MR) is 109 cm³/mol. The molecule has 0 atom stereocenters. The number of carbonyl (C=O) groups excluding carboxylic acids is 2. The van der Waals surface area contributed by atoms with E-state index in [-0.39, 0.29) is 17.9 Å². The molecule has 0 unspecified atom stereocenters. The minimum atomic E-state index is -0.0240. The molecule has 28 heavy (non-hydrogen) atoms. The molecule has 7 nitrogen and oxygen atoms in total. The fraction of sp³-hybridized carbons (Fsp3) is 0.619. The van der Waals surface area contributed by atoms with Gasteiger partial charge in [-0.25, -0.2) is 0 Å². The van der Waals surface area contributed by atoms with Gasteiger partial charge in [0.05, 0.1) is 19.8 Å². The highest BCUT2D eigenvalue weighted by Gasteiger charge is 2.25.